The number of fused-ring (bicyclic) bond motifs is 1. The number of ether oxygens (including phenoxy) is 1. The average Bonchev–Trinajstić information content (AvgIpc) is 2.87. The zero-order valence-electron chi connectivity index (χ0n) is 21.4. The van der Waals surface area contributed by atoms with Gasteiger partial charge in [-0.1, -0.05) is 50.3 Å². The van der Waals surface area contributed by atoms with Crippen LogP contribution in [-0.2, 0) is 5.41 Å². The van der Waals surface area contributed by atoms with E-state index in [1.165, 1.54) is 5.56 Å². The molecule has 4 rings (SSSR count). The molecule has 0 spiro atoms. The molecule has 4 atom stereocenters. The maximum Gasteiger partial charge on any atom is 0.254 e. The molecule has 1 amide bonds. The van der Waals surface area contributed by atoms with Crippen LogP contribution < -0.4 is 4.74 Å². The van der Waals surface area contributed by atoms with Gasteiger partial charge in [0.05, 0.1) is 13.2 Å². The van der Waals surface area contributed by atoms with E-state index in [2.05, 4.69) is 37.5 Å². The lowest BCUT2D eigenvalue weighted by molar-refractivity contribution is -0.0630. The molecular formula is C30H40N2O3. The molecule has 1 heterocycles. The number of amides is 1. The molecule has 3 unspecified atom stereocenters. The molecule has 2 fully saturated rings. The van der Waals surface area contributed by atoms with E-state index in [0.717, 1.165) is 38.2 Å². The third-order valence-corrected chi connectivity index (χ3v) is 7.93. The number of carbonyl (C=O) groups is 1. The largest absolute Gasteiger partial charge is 0.497 e. The van der Waals surface area contributed by atoms with Gasteiger partial charge in [-0.05, 0) is 61.6 Å². The van der Waals surface area contributed by atoms with Crippen LogP contribution in [0.25, 0.3) is 0 Å². The number of benzene rings is 2. The van der Waals surface area contributed by atoms with Crippen molar-refractivity contribution in [2.45, 2.75) is 50.7 Å². The van der Waals surface area contributed by atoms with Crippen molar-refractivity contribution in [1.29, 1.82) is 0 Å². The second kappa shape index (κ2) is 11.0. The Morgan fingerprint density at radius 1 is 1.26 bits per heavy atom. The smallest absolute Gasteiger partial charge is 0.254 e. The Balaban J connectivity index is 1.73. The molecule has 2 aliphatic rings. The van der Waals surface area contributed by atoms with Crippen molar-refractivity contribution < 1.29 is 14.6 Å². The number of carbonyl (C=O) groups excluding carboxylic acids is 1. The highest BCUT2D eigenvalue weighted by Gasteiger charge is 2.53. The molecule has 2 aromatic rings. The number of piperidine rings is 1. The predicted octanol–water partition coefficient (Wildman–Crippen LogP) is 4.76. The van der Waals surface area contributed by atoms with Crippen LogP contribution in [0.2, 0.25) is 0 Å². The van der Waals surface area contributed by atoms with Crippen LogP contribution in [-0.4, -0.2) is 66.2 Å². The van der Waals surface area contributed by atoms with Gasteiger partial charge in [0.25, 0.3) is 5.91 Å². The molecule has 0 radical (unpaired) electrons. The maximum absolute atomic E-state index is 13.7. The quantitative estimate of drug-likeness (QED) is 0.558. The Hall–Kier alpha value is -2.63. The molecular weight excluding hydrogens is 436 g/mol. The minimum atomic E-state index is -0.495. The van der Waals surface area contributed by atoms with E-state index >= 15 is 0 Å². The lowest BCUT2D eigenvalue weighted by Gasteiger charge is -2.56. The number of methoxy groups -OCH3 is 1. The summed E-state index contributed by atoms with van der Waals surface area (Å²) in [6.45, 7) is 11.5. The summed E-state index contributed by atoms with van der Waals surface area (Å²) in [5.41, 5.74) is 1.70. The van der Waals surface area contributed by atoms with E-state index in [1.54, 1.807) is 7.11 Å². The normalized spacial score (nSPS) is 26.7. The Labute approximate surface area is 210 Å². The van der Waals surface area contributed by atoms with Crippen LogP contribution in [0.5, 0.6) is 5.75 Å². The zero-order valence-corrected chi connectivity index (χ0v) is 21.4. The molecule has 35 heavy (non-hydrogen) atoms. The SMILES string of the molecule is C=CCN1CCC2(c3cccc(OC)c3)C[C@H](N(CC(C)C)C(=O)c3ccccc3)CC(O)C2C1. The molecule has 1 N–H and O–H groups in total. The van der Waals surface area contributed by atoms with Gasteiger partial charge in [-0.25, -0.2) is 0 Å². The molecule has 1 saturated heterocycles. The van der Waals surface area contributed by atoms with E-state index in [9.17, 15) is 9.90 Å². The van der Waals surface area contributed by atoms with Gasteiger partial charge in [0.2, 0.25) is 0 Å². The summed E-state index contributed by atoms with van der Waals surface area (Å²) in [5, 5.41) is 11.6. The summed E-state index contributed by atoms with van der Waals surface area (Å²) in [7, 11) is 1.70. The minimum absolute atomic E-state index is 0.0338. The van der Waals surface area contributed by atoms with E-state index in [0.29, 0.717) is 24.4 Å². The topological polar surface area (TPSA) is 53.0 Å². The second-order valence-corrected chi connectivity index (χ2v) is 10.7. The monoisotopic (exact) mass is 476 g/mol. The van der Waals surface area contributed by atoms with E-state index in [1.807, 2.05) is 53.4 Å². The Morgan fingerprint density at radius 3 is 2.71 bits per heavy atom. The first-order valence-corrected chi connectivity index (χ1v) is 12.9. The van der Waals surface area contributed by atoms with Crippen molar-refractivity contribution in [2.24, 2.45) is 11.8 Å². The number of aliphatic hydroxyl groups is 1. The summed E-state index contributed by atoms with van der Waals surface area (Å²) in [6.07, 6.45) is 3.82. The van der Waals surface area contributed by atoms with Crippen LogP contribution in [0.1, 0.15) is 49.0 Å². The molecule has 1 aliphatic carbocycles. The Kier molecular flexibility index (Phi) is 7.98. The van der Waals surface area contributed by atoms with Gasteiger partial charge in [0.15, 0.2) is 0 Å². The summed E-state index contributed by atoms with van der Waals surface area (Å²) in [5.74, 6) is 1.31. The van der Waals surface area contributed by atoms with Crippen LogP contribution in [0.3, 0.4) is 0 Å². The fourth-order valence-electron chi connectivity index (χ4n) is 6.31. The van der Waals surface area contributed by atoms with Gasteiger partial charge in [0, 0.05) is 42.6 Å². The summed E-state index contributed by atoms with van der Waals surface area (Å²) >= 11 is 0. The number of hydrogen-bond donors (Lipinski definition) is 1. The first kappa shape index (κ1) is 25.5. The fraction of sp³-hybridized carbons (Fsp3) is 0.500. The molecule has 188 valence electrons. The third kappa shape index (κ3) is 5.31. The molecule has 0 aromatic heterocycles. The molecule has 0 bridgehead atoms. The van der Waals surface area contributed by atoms with Crippen LogP contribution in [0, 0.1) is 11.8 Å². The van der Waals surface area contributed by atoms with Gasteiger partial charge in [-0.15, -0.1) is 6.58 Å². The average molecular weight is 477 g/mol. The summed E-state index contributed by atoms with van der Waals surface area (Å²) in [4.78, 5) is 18.2. The summed E-state index contributed by atoms with van der Waals surface area (Å²) < 4.78 is 5.58. The first-order chi connectivity index (χ1) is 16.9. The molecule has 2 aromatic carbocycles. The minimum Gasteiger partial charge on any atom is -0.497 e. The molecule has 5 nitrogen and oxygen atoms in total. The maximum atomic E-state index is 13.7. The number of likely N-dealkylation sites (tertiary alicyclic amines) is 1. The molecule has 1 aliphatic heterocycles. The van der Waals surface area contributed by atoms with E-state index < -0.39 is 6.10 Å². The van der Waals surface area contributed by atoms with Gasteiger partial charge in [-0.3, -0.25) is 9.69 Å². The number of hydrogen-bond acceptors (Lipinski definition) is 4. The number of nitrogens with zero attached hydrogens (tertiary/aromatic N) is 2. The Bertz CT molecular complexity index is 1010. The number of rotatable bonds is 8. The van der Waals surface area contributed by atoms with E-state index in [-0.39, 0.29) is 23.3 Å². The highest BCUT2D eigenvalue weighted by molar-refractivity contribution is 5.94. The predicted molar refractivity (Wildman–Crippen MR) is 141 cm³/mol. The van der Waals surface area contributed by atoms with Gasteiger partial charge in [-0.2, -0.15) is 0 Å². The van der Waals surface area contributed by atoms with Crippen LogP contribution in [0.15, 0.2) is 67.3 Å². The second-order valence-electron chi connectivity index (χ2n) is 10.7. The lowest BCUT2D eigenvalue weighted by atomic mass is 9.56. The van der Waals surface area contributed by atoms with E-state index in [4.69, 9.17) is 4.74 Å². The van der Waals surface area contributed by atoms with Crippen molar-refractivity contribution >= 4 is 5.91 Å². The van der Waals surface area contributed by atoms with Crippen LogP contribution in [0.4, 0.5) is 0 Å². The van der Waals surface area contributed by atoms with Crippen molar-refractivity contribution in [3.05, 3.63) is 78.4 Å². The fourth-order valence-corrected chi connectivity index (χ4v) is 6.31. The van der Waals surface area contributed by atoms with Crippen molar-refractivity contribution in [3.8, 4) is 5.75 Å². The molecule has 1 saturated carbocycles. The van der Waals surface area contributed by atoms with Crippen molar-refractivity contribution in [1.82, 2.24) is 9.80 Å². The van der Waals surface area contributed by atoms with Crippen molar-refractivity contribution in [2.75, 3.05) is 33.3 Å². The van der Waals surface area contributed by atoms with Crippen LogP contribution >= 0.6 is 0 Å². The lowest BCUT2D eigenvalue weighted by Crippen LogP contribution is -2.61. The van der Waals surface area contributed by atoms with Gasteiger partial charge < -0.3 is 14.7 Å². The van der Waals surface area contributed by atoms with Crippen molar-refractivity contribution in [3.63, 3.8) is 0 Å². The number of aliphatic hydroxyl groups excluding tert-OH is 1. The molecule has 5 heteroatoms. The third-order valence-electron chi connectivity index (χ3n) is 7.93. The van der Waals surface area contributed by atoms with Gasteiger partial charge in [0.1, 0.15) is 5.75 Å². The highest BCUT2D eigenvalue weighted by atomic mass is 16.5. The first-order valence-electron chi connectivity index (χ1n) is 12.9. The zero-order chi connectivity index (χ0) is 25.0. The summed E-state index contributed by atoms with van der Waals surface area (Å²) in [6, 6.07) is 17.9. The Morgan fingerprint density at radius 2 is 2.03 bits per heavy atom. The standard InChI is InChI=1S/C30H40N2O3/c1-5-15-31-16-14-30(24-12-9-13-26(17-24)35-4)19-25(18-28(33)27(30)21-31)32(20-22(2)3)29(34)23-10-7-6-8-11-23/h5-13,17,22,25,27-28,33H,1,14-16,18-21H2,2-4H3/t25-,27?,28?,30?/m1/s1. The van der Waals surface area contributed by atoms with Gasteiger partial charge >= 0.3 is 0 Å². The highest BCUT2D eigenvalue weighted by Crippen LogP contribution is 2.51.